The number of anilines is 1. The number of benzene rings is 2. The lowest BCUT2D eigenvalue weighted by Gasteiger charge is -2.37. The molecule has 1 saturated heterocycles. The molecular formula is C24H31N5O2. The minimum atomic E-state index is -0.407. The second kappa shape index (κ2) is 9.83. The third kappa shape index (κ3) is 4.82. The number of aldehydes is 1. The first-order valence-electron chi connectivity index (χ1n) is 10.9. The lowest BCUT2D eigenvalue weighted by atomic mass is 10.1. The number of piperazine rings is 1. The second-order valence-electron chi connectivity index (χ2n) is 8.01. The van der Waals surface area contributed by atoms with Crippen LogP contribution in [0.15, 0.2) is 59.7 Å². The fraction of sp³-hybridized carbons (Fsp3) is 0.417. The SMILES string of the molecule is COc1cccc(N2CCN(CCC3=NNC(C=O)N3C(C)c3ccccc3)CC2)c1. The van der Waals surface area contributed by atoms with Gasteiger partial charge in [-0.05, 0) is 24.6 Å². The Bertz CT molecular complexity index is 896. The van der Waals surface area contributed by atoms with E-state index in [2.05, 4.69) is 56.4 Å². The number of carbonyl (C=O) groups is 1. The van der Waals surface area contributed by atoms with Crippen molar-refractivity contribution >= 4 is 17.8 Å². The van der Waals surface area contributed by atoms with Gasteiger partial charge in [-0.2, -0.15) is 5.10 Å². The first-order valence-corrected chi connectivity index (χ1v) is 10.9. The molecule has 2 unspecified atom stereocenters. The van der Waals surface area contributed by atoms with Crippen molar-refractivity contribution in [2.75, 3.05) is 44.7 Å². The van der Waals surface area contributed by atoms with Gasteiger partial charge in [0.15, 0.2) is 12.5 Å². The molecule has 0 amide bonds. The van der Waals surface area contributed by atoms with Crippen LogP contribution in [0, 0.1) is 0 Å². The van der Waals surface area contributed by atoms with E-state index in [0.717, 1.165) is 57.0 Å². The van der Waals surface area contributed by atoms with Gasteiger partial charge in [0.1, 0.15) is 11.6 Å². The molecule has 4 rings (SSSR count). The van der Waals surface area contributed by atoms with Crippen LogP contribution >= 0.6 is 0 Å². The summed E-state index contributed by atoms with van der Waals surface area (Å²) in [6, 6.07) is 18.6. The molecule has 0 spiro atoms. The fourth-order valence-corrected chi connectivity index (χ4v) is 4.35. The van der Waals surface area contributed by atoms with E-state index in [0.29, 0.717) is 0 Å². The largest absolute Gasteiger partial charge is 0.497 e. The quantitative estimate of drug-likeness (QED) is 0.662. The molecule has 1 fully saturated rings. The first kappa shape index (κ1) is 21.2. The van der Waals surface area contributed by atoms with Crippen molar-refractivity contribution < 1.29 is 9.53 Å². The summed E-state index contributed by atoms with van der Waals surface area (Å²) in [5.74, 6) is 1.84. The summed E-state index contributed by atoms with van der Waals surface area (Å²) in [5, 5.41) is 4.49. The molecule has 164 valence electrons. The Hall–Kier alpha value is -3.06. The molecule has 0 saturated carbocycles. The van der Waals surface area contributed by atoms with E-state index < -0.39 is 6.17 Å². The number of amidine groups is 1. The van der Waals surface area contributed by atoms with Gasteiger partial charge in [0, 0.05) is 50.9 Å². The summed E-state index contributed by atoms with van der Waals surface area (Å²) < 4.78 is 5.36. The molecule has 7 heteroatoms. The van der Waals surface area contributed by atoms with E-state index in [1.54, 1.807) is 7.11 Å². The molecule has 2 atom stereocenters. The number of hydrogen-bond acceptors (Lipinski definition) is 7. The van der Waals surface area contributed by atoms with E-state index in [4.69, 9.17) is 4.74 Å². The molecule has 2 aliphatic rings. The molecule has 0 aliphatic carbocycles. The predicted octanol–water partition coefficient (Wildman–Crippen LogP) is 2.71. The number of carbonyl (C=O) groups excluding carboxylic acids is 1. The monoisotopic (exact) mass is 421 g/mol. The molecule has 0 aromatic heterocycles. The van der Waals surface area contributed by atoms with E-state index in [1.807, 2.05) is 30.3 Å². The van der Waals surface area contributed by atoms with Crippen LogP contribution < -0.4 is 15.1 Å². The van der Waals surface area contributed by atoms with Gasteiger partial charge in [-0.1, -0.05) is 36.4 Å². The minimum absolute atomic E-state index is 0.0788. The molecule has 2 aromatic rings. The Labute approximate surface area is 184 Å². The lowest BCUT2D eigenvalue weighted by molar-refractivity contribution is -0.112. The fourth-order valence-electron chi connectivity index (χ4n) is 4.35. The van der Waals surface area contributed by atoms with Gasteiger partial charge >= 0.3 is 0 Å². The van der Waals surface area contributed by atoms with Crippen LogP contribution in [0.5, 0.6) is 5.75 Å². The van der Waals surface area contributed by atoms with Crippen molar-refractivity contribution in [1.29, 1.82) is 0 Å². The number of ether oxygens (including phenoxy) is 1. The van der Waals surface area contributed by atoms with Gasteiger partial charge in [-0.25, -0.2) is 0 Å². The summed E-state index contributed by atoms with van der Waals surface area (Å²) in [7, 11) is 1.70. The van der Waals surface area contributed by atoms with Crippen LogP contribution in [0.4, 0.5) is 5.69 Å². The van der Waals surface area contributed by atoms with Crippen molar-refractivity contribution in [3.8, 4) is 5.75 Å². The highest BCUT2D eigenvalue weighted by atomic mass is 16.5. The molecule has 31 heavy (non-hydrogen) atoms. The number of methoxy groups -OCH3 is 1. The Morgan fingerprint density at radius 3 is 2.61 bits per heavy atom. The number of hydrogen-bond donors (Lipinski definition) is 1. The zero-order valence-corrected chi connectivity index (χ0v) is 18.3. The topological polar surface area (TPSA) is 60.4 Å². The van der Waals surface area contributed by atoms with Crippen LogP contribution in [-0.4, -0.2) is 67.9 Å². The van der Waals surface area contributed by atoms with Gasteiger partial charge in [0.25, 0.3) is 0 Å². The summed E-state index contributed by atoms with van der Waals surface area (Å²) in [4.78, 5) is 18.6. The Morgan fingerprint density at radius 1 is 1.13 bits per heavy atom. The number of nitrogens with one attached hydrogen (secondary N) is 1. The molecule has 2 aliphatic heterocycles. The summed E-state index contributed by atoms with van der Waals surface area (Å²) in [5.41, 5.74) is 5.38. The Morgan fingerprint density at radius 2 is 1.90 bits per heavy atom. The third-order valence-electron chi connectivity index (χ3n) is 6.19. The highest BCUT2D eigenvalue weighted by molar-refractivity contribution is 5.87. The third-order valence-corrected chi connectivity index (χ3v) is 6.19. The summed E-state index contributed by atoms with van der Waals surface area (Å²) >= 11 is 0. The normalized spacial score (nSPS) is 20.2. The molecule has 2 heterocycles. The zero-order chi connectivity index (χ0) is 21.6. The minimum Gasteiger partial charge on any atom is -0.497 e. The van der Waals surface area contributed by atoms with Crippen LogP contribution in [0.2, 0.25) is 0 Å². The molecule has 1 N–H and O–H groups in total. The molecule has 2 aromatic carbocycles. The predicted molar refractivity (Wildman–Crippen MR) is 123 cm³/mol. The zero-order valence-electron chi connectivity index (χ0n) is 18.3. The summed E-state index contributed by atoms with van der Waals surface area (Å²) in [6.45, 7) is 7.03. The average Bonchev–Trinajstić information content (AvgIpc) is 3.26. The standard InChI is InChI=1S/C24H31N5O2/c1-19(20-7-4-3-5-8-20)29-23(25-26-24(29)18-30)11-12-27-13-15-28(16-14-27)21-9-6-10-22(17-21)31-2/h3-10,17-19,24,26H,11-16H2,1-2H3. The maximum absolute atomic E-state index is 11.6. The molecule has 0 radical (unpaired) electrons. The van der Waals surface area contributed by atoms with Gasteiger partial charge in [-0.3, -0.25) is 15.1 Å². The van der Waals surface area contributed by atoms with E-state index >= 15 is 0 Å². The number of hydrazone groups is 1. The van der Waals surface area contributed by atoms with Gasteiger partial charge in [0.2, 0.25) is 0 Å². The number of rotatable bonds is 8. The van der Waals surface area contributed by atoms with Crippen molar-refractivity contribution in [2.24, 2.45) is 5.10 Å². The van der Waals surface area contributed by atoms with Crippen molar-refractivity contribution in [3.63, 3.8) is 0 Å². The number of nitrogens with zero attached hydrogens (tertiary/aromatic N) is 4. The summed E-state index contributed by atoms with van der Waals surface area (Å²) in [6.07, 6.45) is 1.34. The molecule has 0 bridgehead atoms. The van der Waals surface area contributed by atoms with Gasteiger partial charge in [-0.15, -0.1) is 0 Å². The average molecular weight is 422 g/mol. The van der Waals surface area contributed by atoms with Crippen molar-refractivity contribution in [3.05, 3.63) is 60.2 Å². The van der Waals surface area contributed by atoms with Crippen LogP contribution in [0.1, 0.15) is 24.9 Å². The highest BCUT2D eigenvalue weighted by Gasteiger charge is 2.32. The van der Waals surface area contributed by atoms with Crippen molar-refractivity contribution in [1.82, 2.24) is 15.2 Å². The molecular weight excluding hydrogens is 390 g/mol. The van der Waals surface area contributed by atoms with Crippen LogP contribution in [0.3, 0.4) is 0 Å². The van der Waals surface area contributed by atoms with Crippen LogP contribution in [-0.2, 0) is 4.79 Å². The second-order valence-corrected chi connectivity index (χ2v) is 8.01. The first-order chi connectivity index (χ1) is 15.2. The van der Waals surface area contributed by atoms with Crippen molar-refractivity contribution in [2.45, 2.75) is 25.6 Å². The highest BCUT2D eigenvalue weighted by Crippen LogP contribution is 2.26. The smallest absolute Gasteiger partial charge is 0.173 e. The van der Waals surface area contributed by atoms with E-state index in [9.17, 15) is 4.79 Å². The van der Waals surface area contributed by atoms with E-state index in [1.165, 1.54) is 11.3 Å². The van der Waals surface area contributed by atoms with Gasteiger partial charge < -0.3 is 14.5 Å². The molecule has 7 nitrogen and oxygen atoms in total. The Kier molecular flexibility index (Phi) is 6.72. The lowest BCUT2D eigenvalue weighted by Crippen LogP contribution is -2.48. The van der Waals surface area contributed by atoms with Gasteiger partial charge in [0.05, 0.1) is 13.2 Å². The van der Waals surface area contributed by atoms with Crippen LogP contribution in [0.25, 0.3) is 0 Å². The Balaban J connectivity index is 1.33. The maximum Gasteiger partial charge on any atom is 0.173 e. The maximum atomic E-state index is 11.6. The van der Waals surface area contributed by atoms with E-state index in [-0.39, 0.29) is 6.04 Å².